The summed E-state index contributed by atoms with van der Waals surface area (Å²) in [6.07, 6.45) is 1.76. The van der Waals surface area contributed by atoms with Crippen LogP contribution in [0.1, 0.15) is 25.5 Å². The number of halogens is 1. The summed E-state index contributed by atoms with van der Waals surface area (Å²) in [5.74, 6) is 0.897. The Morgan fingerprint density at radius 1 is 1.67 bits per heavy atom. The van der Waals surface area contributed by atoms with Crippen LogP contribution >= 0.6 is 15.9 Å². The van der Waals surface area contributed by atoms with Crippen molar-refractivity contribution in [2.75, 3.05) is 6.54 Å². The van der Waals surface area contributed by atoms with Crippen molar-refractivity contribution < 1.29 is 0 Å². The average molecular weight is 232 g/mol. The zero-order chi connectivity index (χ0) is 9.14. The quantitative estimate of drug-likeness (QED) is 0.835. The van der Waals surface area contributed by atoms with Crippen LogP contribution in [0.15, 0.2) is 10.7 Å². The van der Waals surface area contributed by atoms with Crippen LogP contribution in [0.4, 0.5) is 0 Å². The van der Waals surface area contributed by atoms with E-state index in [-0.39, 0.29) is 0 Å². The van der Waals surface area contributed by atoms with E-state index in [4.69, 9.17) is 5.73 Å². The van der Waals surface area contributed by atoms with Crippen molar-refractivity contribution in [3.63, 3.8) is 0 Å². The maximum Gasteiger partial charge on any atom is 0.0632 e. The molecule has 0 saturated carbocycles. The number of aromatic nitrogens is 2. The SMILES string of the molecule is CC(C)C(CN)c1[nH]ncc1Br. The lowest BCUT2D eigenvalue weighted by Gasteiger charge is -2.17. The molecule has 0 amide bonds. The van der Waals surface area contributed by atoms with Crippen molar-refractivity contribution in [2.24, 2.45) is 11.7 Å². The van der Waals surface area contributed by atoms with E-state index in [1.807, 2.05) is 0 Å². The zero-order valence-corrected chi connectivity index (χ0v) is 8.93. The number of nitrogens with two attached hydrogens (primary N) is 1. The first kappa shape index (κ1) is 9.74. The molecule has 0 aliphatic heterocycles. The molecule has 12 heavy (non-hydrogen) atoms. The molecule has 3 N–H and O–H groups in total. The standard InChI is InChI=1S/C8H14BrN3/c1-5(2)6(3-10)8-7(9)4-11-12-8/h4-6H,3,10H2,1-2H3,(H,11,12). The zero-order valence-electron chi connectivity index (χ0n) is 7.34. The Morgan fingerprint density at radius 2 is 2.33 bits per heavy atom. The van der Waals surface area contributed by atoms with Crippen molar-refractivity contribution in [1.82, 2.24) is 10.2 Å². The van der Waals surface area contributed by atoms with E-state index < -0.39 is 0 Å². The molecule has 1 aromatic heterocycles. The Kier molecular flexibility index (Phi) is 3.29. The maximum absolute atomic E-state index is 5.67. The predicted octanol–water partition coefficient (Wildman–Crippen LogP) is 1.87. The van der Waals surface area contributed by atoms with Crippen LogP contribution in [0.2, 0.25) is 0 Å². The van der Waals surface area contributed by atoms with Gasteiger partial charge in [0.15, 0.2) is 0 Å². The molecule has 0 aliphatic carbocycles. The fourth-order valence-electron chi connectivity index (χ4n) is 1.26. The Morgan fingerprint density at radius 3 is 2.67 bits per heavy atom. The molecule has 0 spiro atoms. The summed E-state index contributed by atoms with van der Waals surface area (Å²) in [4.78, 5) is 0. The van der Waals surface area contributed by atoms with E-state index in [9.17, 15) is 0 Å². The highest BCUT2D eigenvalue weighted by atomic mass is 79.9. The Labute approximate surface area is 80.9 Å². The second-order valence-corrected chi connectivity index (χ2v) is 4.07. The number of nitrogens with one attached hydrogen (secondary N) is 1. The molecule has 1 heterocycles. The highest BCUT2D eigenvalue weighted by Crippen LogP contribution is 2.27. The van der Waals surface area contributed by atoms with Crippen LogP contribution in [0.25, 0.3) is 0 Å². The van der Waals surface area contributed by atoms with Crippen LogP contribution in [0.3, 0.4) is 0 Å². The van der Waals surface area contributed by atoms with Crippen LogP contribution in [-0.2, 0) is 0 Å². The van der Waals surface area contributed by atoms with E-state index >= 15 is 0 Å². The van der Waals surface area contributed by atoms with E-state index in [2.05, 4.69) is 40.0 Å². The first-order chi connectivity index (χ1) is 5.66. The normalized spacial score (nSPS) is 13.8. The molecule has 0 aromatic carbocycles. The van der Waals surface area contributed by atoms with Gasteiger partial charge in [0.25, 0.3) is 0 Å². The summed E-state index contributed by atoms with van der Waals surface area (Å²) in [5.41, 5.74) is 6.77. The van der Waals surface area contributed by atoms with Gasteiger partial charge in [-0.25, -0.2) is 0 Å². The van der Waals surface area contributed by atoms with Gasteiger partial charge in [-0.15, -0.1) is 0 Å². The summed E-state index contributed by atoms with van der Waals surface area (Å²) in [6.45, 7) is 4.97. The van der Waals surface area contributed by atoms with Crippen molar-refractivity contribution >= 4 is 15.9 Å². The highest BCUT2D eigenvalue weighted by Gasteiger charge is 2.17. The largest absolute Gasteiger partial charge is 0.330 e. The van der Waals surface area contributed by atoms with Crippen LogP contribution in [0, 0.1) is 5.92 Å². The topological polar surface area (TPSA) is 54.7 Å². The minimum absolute atomic E-state index is 0.363. The molecule has 1 rings (SSSR count). The third-order valence-corrected chi connectivity index (χ3v) is 2.68. The smallest absolute Gasteiger partial charge is 0.0632 e. The maximum atomic E-state index is 5.67. The first-order valence-corrected chi connectivity index (χ1v) is 4.85. The van der Waals surface area contributed by atoms with Crippen molar-refractivity contribution in [2.45, 2.75) is 19.8 Å². The third kappa shape index (κ3) is 1.87. The van der Waals surface area contributed by atoms with Crippen LogP contribution in [-0.4, -0.2) is 16.7 Å². The van der Waals surface area contributed by atoms with Gasteiger partial charge in [-0.3, -0.25) is 5.10 Å². The van der Waals surface area contributed by atoms with E-state index in [1.54, 1.807) is 6.20 Å². The summed E-state index contributed by atoms with van der Waals surface area (Å²) >= 11 is 3.43. The number of nitrogens with zero attached hydrogens (tertiary/aromatic N) is 1. The van der Waals surface area contributed by atoms with Gasteiger partial charge in [-0.2, -0.15) is 5.10 Å². The molecule has 1 aromatic rings. The lowest BCUT2D eigenvalue weighted by atomic mass is 9.93. The van der Waals surface area contributed by atoms with Gasteiger partial charge in [0.1, 0.15) is 0 Å². The minimum Gasteiger partial charge on any atom is -0.330 e. The molecule has 1 atom stereocenters. The number of H-pyrrole nitrogens is 1. The Bertz CT molecular complexity index is 244. The lowest BCUT2D eigenvalue weighted by molar-refractivity contribution is 0.493. The van der Waals surface area contributed by atoms with E-state index in [0.717, 1.165) is 10.2 Å². The lowest BCUT2D eigenvalue weighted by Crippen LogP contribution is -2.18. The molecule has 3 nitrogen and oxygen atoms in total. The molecule has 0 bridgehead atoms. The fraction of sp³-hybridized carbons (Fsp3) is 0.625. The number of rotatable bonds is 3. The molecule has 1 unspecified atom stereocenters. The average Bonchev–Trinajstić information content (AvgIpc) is 2.38. The predicted molar refractivity (Wildman–Crippen MR) is 52.9 cm³/mol. The summed E-state index contributed by atoms with van der Waals surface area (Å²) in [5, 5.41) is 6.91. The third-order valence-electron chi connectivity index (χ3n) is 2.05. The molecule has 0 saturated heterocycles. The first-order valence-electron chi connectivity index (χ1n) is 4.05. The molecule has 0 radical (unpaired) electrons. The molecule has 4 heteroatoms. The second kappa shape index (κ2) is 4.05. The van der Waals surface area contributed by atoms with Crippen molar-refractivity contribution in [3.05, 3.63) is 16.4 Å². The van der Waals surface area contributed by atoms with Crippen LogP contribution in [0.5, 0.6) is 0 Å². The summed E-state index contributed by atoms with van der Waals surface area (Å²) in [6, 6.07) is 0. The Balaban J connectivity index is 2.87. The van der Waals surface area contributed by atoms with Crippen molar-refractivity contribution in [3.8, 4) is 0 Å². The van der Waals surface area contributed by atoms with Crippen molar-refractivity contribution in [1.29, 1.82) is 0 Å². The summed E-state index contributed by atoms with van der Waals surface area (Å²) in [7, 11) is 0. The van der Waals surface area contributed by atoms with Gasteiger partial charge < -0.3 is 5.73 Å². The number of hydrogen-bond acceptors (Lipinski definition) is 2. The van der Waals surface area contributed by atoms with E-state index in [1.165, 1.54) is 0 Å². The number of aromatic amines is 1. The molecule has 0 fully saturated rings. The van der Waals surface area contributed by atoms with Gasteiger partial charge in [0.05, 0.1) is 16.4 Å². The number of hydrogen-bond donors (Lipinski definition) is 2. The van der Waals surface area contributed by atoms with E-state index in [0.29, 0.717) is 18.4 Å². The highest BCUT2D eigenvalue weighted by molar-refractivity contribution is 9.10. The second-order valence-electron chi connectivity index (χ2n) is 3.22. The molecular weight excluding hydrogens is 218 g/mol. The fourth-order valence-corrected chi connectivity index (χ4v) is 1.75. The van der Waals surface area contributed by atoms with Gasteiger partial charge in [-0.1, -0.05) is 13.8 Å². The molecule has 0 aliphatic rings. The van der Waals surface area contributed by atoms with Gasteiger partial charge in [0.2, 0.25) is 0 Å². The monoisotopic (exact) mass is 231 g/mol. The summed E-state index contributed by atoms with van der Waals surface area (Å²) < 4.78 is 1.02. The Hall–Kier alpha value is -0.350. The van der Waals surface area contributed by atoms with Gasteiger partial charge in [0, 0.05) is 12.5 Å². The van der Waals surface area contributed by atoms with Crippen LogP contribution < -0.4 is 5.73 Å². The minimum atomic E-state index is 0.363. The van der Waals surface area contributed by atoms with Gasteiger partial charge in [-0.05, 0) is 21.8 Å². The van der Waals surface area contributed by atoms with Gasteiger partial charge >= 0.3 is 0 Å². The molecular formula is C8H14BrN3. The molecule has 68 valence electrons.